The van der Waals surface area contributed by atoms with Gasteiger partial charge in [0.2, 0.25) is 0 Å². The van der Waals surface area contributed by atoms with E-state index in [1.54, 1.807) is 0 Å². The molecule has 2 rings (SSSR count). The Morgan fingerprint density at radius 3 is 3.00 bits per heavy atom. The van der Waals surface area contributed by atoms with E-state index in [4.69, 9.17) is 9.94 Å². The number of rotatable bonds is 0. The van der Waals surface area contributed by atoms with E-state index >= 15 is 0 Å². The fourth-order valence-corrected chi connectivity index (χ4v) is 1.49. The molecule has 1 aliphatic heterocycles. The number of hydrogen-bond acceptors (Lipinski definition) is 3. The molecule has 0 radical (unpaired) electrons. The SMILES string of the molecule is O/N=C1/CCCOc2ccccc21. The van der Waals surface area contributed by atoms with Gasteiger partial charge in [-0.15, -0.1) is 0 Å². The van der Waals surface area contributed by atoms with Crippen LogP contribution in [0.5, 0.6) is 5.75 Å². The average Bonchev–Trinajstić information content (AvgIpc) is 2.39. The Morgan fingerprint density at radius 2 is 2.15 bits per heavy atom. The first kappa shape index (κ1) is 8.10. The summed E-state index contributed by atoms with van der Waals surface area (Å²) in [4.78, 5) is 0. The molecule has 1 aromatic rings. The summed E-state index contributed by atoms with van der Waals surface area (Å²) in [6.45, 7) is 0.691. The topological polar surface area (TPSA) is 41.8 Å². The van der Waals surface area contributed by atoms with Crippen molar-refractivity contribution in [3.63, 3.8) is 0 Å². The minimum absolute atomic E-state index is 0.691. The highest BCUT2D eigenvalue weighted by atomic mass is 16.5. The van der Waals surface area contributed by atoms with Crippen molar-refractivity contribution in [1.29, 1.82) is 0 Å². The monoisotopic (exact) mass is 177 g/mol. The number of benzene rings is 1. The van der Waals surface area contributed by atoms with Crippen LogP contribution in [0.25, 0.3) is 0 Å². The zero-order valence-corrected chi connectivity index (χ0v) is 7.23. The third-order valence-electron chi connectivity index (χ3n) is 2.13. The van der Waals surface area contributed by atoms with Crippen LogP contribution in [0.2, 0.25) is 0 Å². The van der Waals surface area contributed by atoms with Gasteiger partial charge in [-0.3, -0.25) is 0 Å². The molecule has 0 saturated carbocycles. The van der Waals surface area contributed by atoms with Gasteiger partial charge in [0.05, 0.1) is 12.3 Å². The zero-order valence-electron chi connectivity index (χ0n) is 7.23. The van der Waals surface area contributed by atoms with E-state index in [-0.39, 0.29) is 0 Å². The largest absolute Gasteiger partial charge is 0.493 e. The Kier molecular flexibility index (Phi) is 2.17. The standard InChI is InChI=1S/C10H11NO2/c12-11-9-5-3-7-13-10-6-2-1-4-8(9)10/h1-2,4,6,12H,3,5,7H2/b11-9-. The van der Waals surface area contributed by atoms with Crippen LogP contribution in [-0.2, 0) is 0 Å². The molecule has 3 nitrogen and oxygen atoms in total. The second-order valence-corrected chi connectivity index (χ2v) is 2.99. The molecular weight excluding hydrogens is 166 g/mol. The molecule has 0 saturated heterocycles. The van der Waals surface area contributed by atoms with Gasteiger partial charge in [0.1, 0.15) is 5.75 Å². The molecule has 0 spiro atoms. The smallest absolute Gasteiger partial charge is 0.128 e. The Bertz CT molecular complexity index is 333. The van der Waals surface area contributed by atoms with Gasteiger partial charge in [0, 0.05) is 5.56 Å². The lowest BCUT2D eigenvalue weighted by atomic mass is 10.1. The van der Waals surface area contributed by atoms with Crippen molar-refractivity contribution in [3.8, 4) is 5.75 Å². The summed E-state index contributed by atoms with van der Waals surface area (Å²) in [6, 6.07) is 7.64. The first-order valence-electron chi connectivity index (χ1n) is 4.35. The molecule has 0 amide bonds. The molecular formula is C10H11NO2. The molecule has 1 N–H and O–H groups in total. The highest BCUT2D eigenvalue weighted by molar-refractivity contribution is 6.02. The van der Waals surface area contributed by atoms with Gasteiger partial charge in [0.15, 0.2) is 0 Å². The molecule has 0 fully saturated rings. The number of nitrogens with zero attached hydrogens (tertiary/aromatic N) is 1. The van der Waals surface area contributed by atoms with Crippen molar-refractivity contribution in [3.05, 3.63) is 29.8 Å². The molecule has 0 unspecified atom stereocenters. The molecule has 1 aliphatic rings. The molecule has 1 aromatic carbocycles. The summed E-state index contributed by atoms with van der Waals surface area (Å²) >= 11 is 0. The number of para-hydroxylation sites is 1. The fraction of sp³-hybridized carbons (Fsp3) is 0.300. The van der Waals surface area contributed by atoms with Crippen molar-refractivity contribution in [2.75, 3.05) is 6.61 Å². The van der Waals surface area contributed by atoms with Gasteiger partial charge < -0.3 is 9.94 Å². The molecule has 3 heteroatoms. The number of hydrogen-bond donors (Lipinski definition) is 1. The normalized spacial score (nSPS) is 18.9. The van der Waals surface area contributed by atoms with Crippen molar-refractivity contribution in [2.45, 2.75) is 12.8 Å². The molecule has 68 valence electrons. The lowest BCUT2D eigenvalue weighted by molar-refractivity contribution is 0.314. The van der Waals surface area contributed by atoms with Gasteiger partial charge in [-0.25, -0.2) is 0 Å². The van der Waals surface area contributed by atoms with Crippen LogP contribution in [0.1, 0.15) is 18.4 Å². The van der Waals surface area contributed by atoms with Crippen LogP contribution >= 0.6 is 0 Å². The Morgan fingerprint density at radius 1 is 1.31 bits per heavy atom. The van der Waals surface area contributed by atoms with E-state index in [2.05, 4.69) is 5.16 Å². The maximum absolute atomic E-state index is 8.80. The van der Waals surface area contributed by atoms with E-state index in [0.717, 1.165) is 24.2 Å². The average molecular weight is 177 g/mol. The van der Waals surface area contributed by atoms with Crippen LogP contribution in [0, 0.1) is 0 Å². The van der Waals surface area contributed by atoms with Crippen molar-refractivity contribution < 1.29 is 9.94 Å². The van der Waals surface area contributed by atoms with E-state index in [1.165, 1.54) is 0 Å². The zero-order chi connectivity index (χ0) is 9.10. The molecule has 0 atom stereocenters. The molecule has 0 bridgehead atoms. The van der Waals surface area contributed by atoms with Crippen molar-refractivity contribution >= 4 is 5.71 Å². The summed E-state index contributed by atoms with van der Waals surface area (Å²) in [5.74, 6) is 0.813. The molecule has 13 heavy (non-hydrogen) atoms. The second kappa shape index (κ2) is 3.47. The summed E-state index contributed by atoms with van der Waals surface area (Å²) in [5, 5.41) is 12.1. The Balaban J connectivity index is 2.48. The highest BCUT2D eigenvalue weighted by Gasteiger charge is 2.14. The third-order valence-corrected chi connectivity index (χ3v) is 2.13. The van der Waals surface area contributed by atoms with Crippen molar-refractivity contribution in [1.82, 2.24) is 0 Å². The summed E-state index contributed by atoms with van der Waals surface area (Å²) < 4.78 is 5.49. The van der Waals surface area contributed by atoms with Gasteiger partial charge in [-0.05, 0) is 25.0 Å². The second-order valence-electron chi connectivity index (χ2n) is 2.99. The Hall–Kier alpha value is -1.51. The van der Waals surface area contributed by atoms with Crippen LogP contribution < -0.4 is 4.74 Å². The van der Waals surface area contributed by atoms with Gasteiger partial charge >= 0.3 is 0 Å². The fourth-order valence-electron chi connectivity index (χ4n) is 1.49. The molecule has 0 aliphatic carbocycles. The van der Waals surface area contributed by atoms with Crippen LogP contribution in [0.15, 0.2) is 29.4 Å². The predicted octanol–water partition coefficient (Wildman–Crippen LogP) is 2.04. The highest BCUT2D eigenvalue weighted by Crippen LogP contribution is 2.23. The first-order chi connectivity index (χ1) is 6.42. The van der Waals surface area contributed by atoms with Gasteiger partial charge in [-0.1, -0.05) is 17.3 Å². The maximum atomic E-state index is 8.80. The number of ether oxygens (including phenoxy) is 1. The van der Waals surface area contributed by atoms with Gasteiger partial charge in [0.25, 0.3) is 0 Å². The third kappa shape index (κ3) is 1.49. The summed E-state index contributed by atoms with van der Waals surface area (Å²) in [7, 11) is 0. The number of fused-ring (bicyclic) bond motifs is 1. The minimum Gasteiger partial charge on any atom is -0.493 e. The molecule has 0 aromatic heterocycles. The predicted molar refractivity (Wildman–Crippen MR) is 49.5 cm³/mol. The van der Waals surface area contributed by atoms with E-state index in [1.807, 2.05) is 24.3 Å². The van der Waals surface area contributed by atoms with Crippen LogP contribution in [-0.4, -0.2) is 17.5 Å². The van der Waals surface area contributed by atoms with Crippen LogP contribution in [0.3, 0.4) is 0 Å². The lowest BCUT2D eigenvalue weighted by Gasteiger charge is -2.05. The quantitative estimate of drug-likeness (QED) is 0.486. The number of oxime groups is 1. The summed E-state index contributed by atoms with van der Waals surface area (Å²) in [6.07, 6.45) is 1.67. The van der Waals surface area contributed by atoms with Gasteiger partial charge in [-0.2, -0.15) is 0 Å². The van der Waals surface area contributed by atoms with Crippen LogP contribution in [0.4, 0.5) is 0 Å². The van der Waals surface area contributed by atoms with Crippen molar-refractivity contribution in [2.24, 2.45) is 5.16 Å². The first-order valence-corrected chi connectivity index (χ1v) is 4.35. The molecule has 1 heterocycles. The lowest BCUT2D eigenvalue weighted by Crippen LogP contribution is -1.98. The summed E-state index contributed by atoms with van der Waals surface area (Å²) in [5.41, 5.74) is 1.62. The van der Waals surface area contributed by atoms with E-state index < -0.39 is 0 Å². The minimum atomic E-state index is 0.691. The maximum Gasteiger partial charge on any atom is 0.128 e. The Labute approximate surface area is 76.6 Å². The van der Waals surface area contributed by atoms with E-state index in [0.29, 0.717) is 12.3 Å². The van der Waals surface area contributed by atoms with E-state index in [9.17, 15) is 0 Å².